The standard InChI is InChI=1S/C49H55BrF2N9O5P/c1-27-20-40(56-49-53-24-35(50)46(58-49)55-39-10-9-38-33(7-6-28(2)54-38)45(39)67(4,5)65)42(66-3)23-41(27)59-18-14-32(15-19-59)61-25-31(26-61)48(64)60-16-12-29(13-17-60)30-21-36(51)44(37(52)22-30)34-8-11-43(62)57-47(34)63/h6-7,9-10,20-24,29,31-32,34H,8,11-19,25-26H2,1-5H3,(H,57,62,63)(H2,53,55,56,58). The van der Waals surface area contributed by atoms with Gasteiger partial charge in [0.2, 0.25) is 23.7 Å². The number of likely N-dealkylation sites (tertiary alicyclic amines) is 2. The number of halogens is 3. The predicted molar refractivity (Wildman–Crippen MR) is 260 cm³/mol. The lowest BCUT2D eigenvalue weighted by atomic mass is 9.84. The van der Waals surface area contributed by atoms with Crippen LogP contribution in [0.15, 0.2) is 59.2 Å². The van der Waals surface area contributed by atoms with Crippen LogP contribution in [0.4, 0.5) is 37.6 Å². The summed E-state index contributed by atoms with van der Waals surface area (Å²) in [6.45, 7) is 11.7. The number of aromatic nitrogens is 3. The second-order valence-corrected chi connectivity index (χ2v) is 22.7. The SMILES string of the molecule is COc1cc(N2CCC(N3CC(C(=O)N4CCC(c5cc(F)c(C6CCC(=O)NC6=O)c(F)c5)CC4)C3)CC2)c(C)cc1Nc1ncc(Br)c(Nc2ccc3nc(C)ccc3c2P(C)(C)=O)n1. The quantitative estimate of drug-likeness (QED) is 0.0860. The van der Waals surface area contributed by atoms with Crippen molar-refractivity contribution in [3.05, 3.63) is 93.2 Å². The number of pyridine rings is 1. The van der Waals surface area contributed by atoms with Crippen LogP contribution < -0.4 is 30.9 Å². The average molecular weight is 999 g/mol. The summed E-state index contributed by atoms with van der Waals surface area (Å²) >= 11 is 3.59. The molecule has 3 N–H and O–H groups in total. The molecule has 6 heterocycles. The number of amides is 3. The van der Waals surface area contributed by atoms with Gasteiger partial charge in [-0.05, 0) is 129 Å². The highest BCUT2D eigenvalue weighted by Crippen LogP contribution is 2.43. The molecular weight excluding hydrogens is 943 g/mol. The second-order valence-electron chi connectivity index (χ2n) is 18.7. The van der Waals surface area contributed by atoms with E-state index >= 15 is 8.78 Å². The lowest BCUT2D eigenvalue weighted by Crippen LogP contribution is -2.60. The highest BCUT2D eigenvalue weighted by Gasteiger charge is 2.41. The summed E-state index contributed by atoms with van der Waals surface area (Å²) in [7, 11) is -1.10. The molecule has 0 saturated carbocycles. The van der Waals surface area contributed by atoms with Crippen molar-refractivity contribution in [2.75, 3.05) is 75.2 Å². The minimum atomic E-state index is -2.74. The second kappa shape index (κ2) is 18.9. The van der Waals surface area contributed by atoms with Crippen molar-refractivity contribution in [3.8, 4) is 5.75 Å². The van der Waals surface area contributed by atoms with Gasteiger partial charge in [0.05, 0.1) is 40.3 Å². The molecule has 0 radical (unpaired) electrons. The number of fused-ring (bicyclic) bond motifs is 1. The van der Waals surface area contributed by atoms with Gasteiger partial charge in [-0.3, -0.25) is 29.6 Å². The van der Waals surface area contributed by atoms with Crippen LogP contribution in [0.1, 0.15) is 72.7 Å². The number of imide groups is 1. The Hall–Kier alpha value is -5.51. The van der Waals surface area contributed by atoms with Crippen LogP contribution in [0.5, 0.6) is 5.75 Å². The smallest absolute Gasteiger partial charge is 0.234 e. The van der Waals surface area contributed by atoms with E-state index in [1.807, 2.05) is 42.2 Å². The van der Waals surface area contributed by atoms with Gasteiger partial charge in [0, 0.05) is 91.6 Å². The molecule has 5 aromatic rings. The van der Waals surface area contributed by atoms with E-state index in [4.69, 9.17) is 9.72 Å². The molecule has 4 aliphatic heterocycles. The number of piperidine rings is 3. The van der Waals surface area contributed by atoms with Gasteiger partial charge in [0.15, 0.2) is 0 Å². The number of rotatable bonds is 11. The van der Waals surface area contributed by atoms with Crippen LogP contribution in [-0.2, 0) is 18.9 Å². The van der Waals surface area contributed by atoms with E-state index in [9.17, 15) is 18.9 Å². The third-order valence-electron chi connectivity index (χ3n) is 13.8. The summed E-state index contributed by atoms with van der Waals surface area (Å²) in [5.41, 5.74) is 5.48. The molecule has 0 aliphatic carbocycles. The number of nitrogens with zero attached hydrogens (tertiary/aromatic N) is 6. The molecular formula is C49H55BrF2N9O5P. The zero-order valence-corrected chi connectivity index (χ0v) is 40.8. The van der Waals surface area contributed by atoms with E-state index in [-0.39, 0.29) is 36.1 Å². The molecule has 0 bridgehead atoms. The summed E-state index contributed by atoms with van der Waals surface area (Å²) in [4.78, 5) is 58.1. The van der Waals surface area contributed by atoms with Crippen LogP contribution >= 0.6 is 23.1 Å². The van der Waals surface area contributed by atoms with E-state index in [2.05, 4.69) is 64.6 Å². The van der Waals surface area contributed by atoms with E-state index < -0.39 is 36.5 Å². The predicted octanol–water partition coefficient (Wildman–Crippen LogP) is 8.25. The third kappa shape index (κ3) is 9.64. The van der Waals surface area contributed by atoms with Gasteiger partial charge in [-0.15, -0.1) is 0 Å². The minimum Gasteiger partial charge on any atom is -0.494 e. The van der Waals surface area contributed by atoms with Crippen LogP contribution in [0.25, 0.3) is 10.9 Å². The Morgan fingerprint density at radius 2 is 1.61 bits per heavy atom. The molecule has 0 spiro atoms. The summed E-state index contributed by atoms with van der Waals surface area (Å²) in [6, 6.07) is 14.8. The Morgan fingerprint density at radius 3 is 2.28 bits per heavy atom. The summed E-state index contributed by atoms with van der Waals surface area (Å²) in [5.74, 6) is -2.18. The van der Waals surface area contributed by atoms with Crippen molar-refractivity contribution in [1.82, 2.24) is 30.1 Å². The summed E-state index contributed by atoms with van der Waals surface area (Å²) in [5, 5.41) is 10.5. The first-order chi connectivity index (χ1) is 32.0. The third-order valence-corrected chi connectivity index (χ3v) is 16.0. The maximum absolute atomic E-state index is 15.2. The molecule has 1 unspecified atom stereocenters. The van der Waals surface area contributed by atoms with Gasteiger partial charge in [-0.25, -0.2) is 13.8 Å². The Kier molecular flexibility index (Phi) is 13.1. The van der Waals surface area contributed by atoms with Gasteiger partial charge in [0.1, 0.15) is 30.3 Å². The van der Waals surface area contributed by atoms with Crippen molar-refractivity contribution in [3.63, 3.8) is 0 Å². The van der Waals surface area contributed by atoms with Gasteiger partial charge in [0.25, 0.3) is 0 Å². The number of benzene rings is 3. The van der Waals surface area contributed by atoms with Crippen molar-refractivity contribution in [2.24, 2.45) is 5.92 Å². The monoisotopic (exact) mass is 997 g/mol. The highest BCUT2D eigenvalue weighted by atomic mass is 79.9. The largest absolute Gasteiger partial charge is 0.494 e. The van der Waals surface area contributed by atoms with E-state index in [1.54, 1.807) is 26.6 Å². The van der Waals surface area contributed by atoms with Crippen molar-refractivity contribution < 1.29 is 32.5 Å². The Bertz CT molecular complexity index is 2800. The van der Waals surface area contributed by atoms with Crippen LogP contribution in [0, 0.1) is 31.4 Å². The molecule has 14 nitrogen and oxygen atoms in total. The molecule has 4 fully saturated rings. The fourth-order valence-electron chi connectivity index (χ4n) is 10.3. The molecule has 352 valence electrons. The molecule has 3 aromatic carbocycles. The zero-order chi connectivity index (χ0) is 47.3. The topological polar surface area (TPSA) is 162 Å². The minimum absolute atomic E-state index is 0.0410. The number of anilines is 5. The highest BCUT2D eigenvalue weighted by molar-refractivity contribution is 9.10. The lowest BCUT2D eigenvalue weighted by Gasteiger charge is -2.48. The molecule has 2 aromatic heterocycles. The Labute approximate surface area is 397 Å². The molecule has 4 saturated heterocycles. The number of ether oxygens (including phenoxy) is 1. The molecule has 67 heavy (non-hydrogen) atoms. The average Bonchev–Trinajstić information content (AvgIpc) is 3.27. The van der Waals surface area contributed by atoms with E-state index in [0.29, 0.717) is 70.5 Å². The van der Waals surface area contributed by atoms with E-state index in [0.717, 1.165) is 72.6 Å². The van der Waals surface area contributed by atoms with E-state index in [1.165, 1.54) is 12.1 Å². The molecule has 1 atom stereocenters. The number of aryl methyl sites for hydroxylation is 2. The summed E-state index contributed by atoms with van der Waals surface area (Å²) < 4.78 is 50.7. The summed E-state index contributed by atoms with van der Waals surface area (Å²) in [6.07, 6.45) is 4.92. The normalized spacial score (nSPS) is 19.1. The number of hydrogen-bond donors (Lipinski definition) is 3. The first kappa shape index (κ1) is 46.6. The van der Waals surface area contributed by atoms with Gasteiger partial charge in [-0.1, -0.05) is 6.07 Å². The number of methoxy groups -OCH3 is 1. The first-order valence-corrected chi connectivity index (χ1v) is 26.3. The van der Waals surface area contributed by atoms with Crippen LogP contribution in [0.2, 0.25) is 0 Å². The van der Waals surface area contributed by atoms with Crippen molar-refractivity contribution in [1.29, 1.82) is 0 Å². The molecule has 3 amide bonds. The van der Waals surface area contributed by atoms with Crippen molar-refractivity contribution >= 4 is 85.8 Å². The maximum Gasteiger partial charge on any atom is 0.234 e. The molecule has 18 heteroatoms. The van der Waals surface area contributed by atoms with Gasteiger partial charge < -0.3 is 29.7 Å². The lowest BCUT2D eigenvalue weighted by molar-refractivity contribution is -0.143. The maximum atomic E-state index is 15.2. The number of nitrogens with one attached hydrogen (secondary N) is 3. The first-order valence-electron chi connectivity index (χ1n) is 22.9. The number of carbonyl (C=O) groups is 3. The molecule has 9 rings (SSSR count). The number of hydrogen-bond acceptors (Lipinski definition) is 12. The van der Waals surface area contributed by atoms with Crippen LogP contribution in [0.3, 0.4) is 0 Å². The Balaban J connectivity index is 0.775. The zero-order valence-electron chi connectivity index (χ0n) is 38.3. The van der Waals surface area contributed by atoms with Crippen molar-refractivity contribution in [2.45, 2.75) is 70.3 Å². The van der Waals surface area contributed by atoms with Gasteiger partial charge in [-0.2, -0.15) is 4.98 Å². The fourth-order valence-corrected chi connectivity index (χ4v) is 12.1. The van der Waals surface area contributed by atoms with Crippen LogP contribution in [-0.4, -0.2) is 108 Å². The number of carbonyl (C=O) groups excluding carboxylic acids is 3. The Morgan fingerprint density at radius 1 is 0.896 bits per heavy atom. The fraction of sp³-hybridized carbons (Fsp3) is 0.429. The molecule has 4 aliphatic rings. The van der Waals surface area contributed by atoms with Gasteiger partial charge >= 0.3 is 0 Å².